The molecule has 0 bridgehead atoms. The average Bonchev–Trinajstić information content (AvgIpc) is 2.83. The van der Waals surface area contributed by atoms with Gasteiger partial charge in [0.25, 0.3) is 0 Å². The van der Waals surface area contributed by atoms with Crippen LogP contribution in [0.2, 0.25) is 0 Å². The van der Waals surface area contributed by atoms with Crippen molar-refractivity contribution < 1.29 is 24.6 Å². The summed E-state index contributed by atoms with van der Waals surface area (Å²) in [6, 6.07) is 0. The highest BCUT2D eigenvalue weighted by Crippen LogP contribution is 2.39. The lowest BCUT2D eigenvalue weighted by Crippen LogP contribution is -2.49. The molecule has 0 radical (unpaired) electrons. The molecule has 29 heavy (non-hydrogen) atoms. The minimum atomic E-state index is -2.22. The number of hydrogen-bond donors (Lipinski definition) is 3. The molecule has 0 aliphatic heterocycles. The van der Waals surface area contributed by atoms with Crippen LogP contribution in [0, 0.1) is 23.7 Å². The first-order valence-electron chi connectivity index (χ1n) is 10.9. The molecule has 0 aromatic rings. The summed E-state index contributed by atoms with van der Waals surface area (Å²) in [7, 11) is 0. The Hall–Kier alpha value is -1.37. The SMILES string of the molecule is CC(C)CCC(=O)[C@@]1(O)C(=O)C(=CCC(C)CNCCO)C(=O)[C@@H]1CCC(C)C. The Kier molecular flexibility index (Phi) is 10.4. The van der Waals surface area contributed by atoms with Gasteiger partial charge in [0.05, 0.1) is 18.1 Å². The summed E-state index contributed by atoms with van der Waals surface area (Å²) < 4.78 is 0. The molecular formula is C23H39NO5. The highest BCUT2D eigenvalue weighted by molar-refractivity contribution is 6.36. The number of aliphatic hydroxyl groups is 2. The molecule has 0 saturated heterocycles. The molecule has 0 spiro atoms. The second-order valence-electron chi connectivity index (χ2n) is 9.23. The lowest BCUT2D eigenvalue weighted by molar-refractivity contribution is -0.153. The van der Waals surface area contributed by atoms with Crippen LogP contribution in [0.4, 0.5) is 0 Å². The van der Waals surface area contributed by atoms with E-state index in [0.29, 0.717) is 44.7 Å². The fourth-order valence-electron chi connectivity index (χ4n) is 3.65. The number of hydrogen-bond acceptors (Lipinski definition) is 6. The number of aliphatic hydroxyl groups excluding tert-OH is 1. The van der Waals surface area contributed by atoms with Gasteiger partial charge in [-0.25, -0.2) is 0 Å². The maximum Gasteiger partial charge on any atom is 0.206 e. The molecule has 6 heteroatoms. The van der Waals surface area contributed by atoms with E-state index in [1.807, 2.05) is 34.6 Å². The lowest BCUT2D eigenvalue weighted by Gasteiger charge is -2.26. The van der Waals surface area contributed by atoms with Crippen molar-refractivity contribution in [1.82, 2.24) is 5.32 Å². The van der Waals surface area contributed by atoms with Gasteiger partial charge in [0.2, 0.25) is 5.78 Å². The number of nitrogens with one attached hydrogen (secondary N) is 1. The van der Waals surface area contributed by atoms with Crippen LogP contribution >= 0.6 is 0 Å². The molecule has 3 atom stereocenters. The predicted octanol–water partition coefficient (Wildman–Crippen LogP) is 2.46. The van der Waals surface area contributed by atoms with Gasteiger partial charge >= 0.3 is 0 Å². The maximum atomic E-state index is 13.0. The fourth-order valence-corrected chi connectivity index (χ4v) is 3.65. The van der Waals surface area contributed by atoms with Crippen LogP contribution < -0.4 is 5.32 Å². The number of allylic oxidation sites excluding steroid dienone is 1. The van der Waals surface area contributed by atoms with E-state index in [1.54, 1.807) is 6.08 Å². The Morgan fingerprint density at radius 2 is 1.76 bits per heavy atom. The van der Waals surface area contributed by atoms with E-state index in [4.69, 9.17) is 5.11 Å². The molecule has 0 aromatic carbocycles. The molecule has 1 fully saturated rings. The lowest BCUT2D eigenvalue weighted by atomic mass is 9.79. The van der Waals surface area contributed by atoms with Gasteiger partial charge in [-0.1, -0.05) is 47.1 Å². The summed E-state index contributed by atoms with van der Waals surface area (Å²) in [4.78, 5) is 38.9. The third-order valence-corrected chi connectivity index (χ3v) is 5.59. The zero-order valence-electron chi connectivity index (χ0n) is 18.7. The molecule has 1 aliphatic rings. The smallest absolute Gasteiger partial charge is 0.206 e. The Balaban J connectivity index is 3.05. The first-order valence-corrected chi connectivity index (χ1v) is 10.9. The van der Waals surface area contributed by atoms with Gasteiger partial charge < -0.3 is 15.5 Å². The van der Waals surface area contributed by atoms with Crippen LogP contribution in [0.15, 0.2) is 11.6 Å². The largest absolute Gasteiger partial charge is 0.395 e. The molecule has 1 saturated carbocycles. The monoisotopic (exact) mass is 409 g/mol. The van der Waals surface area contributed by atoms with Gasteiger partial charge in [0.15, 0.2) is 17.2 Å². The summed E-state index contributed by atoms with van der Waals surface area (Å²) in [5.41, 5.74) is -2.24. The molecule has 1 aliphatic carbocycles. The van der Waals surface area contributed by atoms with Crippen LogP contribution in [-0.4, -0.2) is 52.9 Å². The Bertz CT molecular complexity index is 610. The standard InChI is InChI=1S/C23H39NO5/c1-15(2)6-10-19-21(27)18(9-8-17(5)14-24-12-13-25)22(28)23(19,29)20(26)11-7-16(3)4/h9,15-17,19,24-25,29H,6-8,10-14H2,1-5H3/t17?,19-,23+/m0/s1. The van der Waals surface area contributed by atoms with Crippen molar-refractivity contribution >= 4 is 17.3 Å². The van der Waals surface area contributed by atoms with Crippen LogP contribution in [0.1, 0.15) is 66.7 Å². The van der Waals surface area contributed by atoms with Crippen LogP contribution in [-0.2, 0) is 14.4 Å². The van der Waals surface area contributed by atoms with E-state index >= 15 is 0 Å². The van der Waals surface area contributed by atoms with Crippen molar-refractivity contribution in [3.05, 3.63) is 11.6 Å². The van der Waals surface area contributed by atoms with Crippen molar-refractivity contribution in [3.8, 4) is 0 Å². The topological polar surface area (TPSA) is 104 Å². The maximum absolute atomic E-state index is 13.0. The number of carbonyl (C=O) groups is 3. The molecule has 0 heterocycles. The van der Waals surface area contributed by atoms with E-state index in [0.717, 1.165) is 0 Å². The normalized spacial score (nSPS) is 24.9. The molecule has 1 unspecified atom stereocenters. The zero-order chi connectivity index (χ0) is 22.2. The summed E-state index contributed by atoms with van der Waals surface area (Å²) in [5.74, 6) is -1.91. The van der Waals surface area contributed by atoms with Gasteiger partial charge in [-0.05, 0) is 43.6 Å². The summed E-state index contributed by atoms with van der Waals surface area (Å²) in [6.07, 6.45) is 3.74. The van der Waals surface area contributed by atoms with Crippen molar-refractivity contribution in [1.29, 1.82) is 0 Å². The van der Waals surface area contributed by atoms with Gasteiger partial charge in [-0.3, -0.25) is 14.4 Å². The number of Topliss-reactive ketones (excluding diaryl/α,β-unsaturated/α-hetero) is 3. The van der Waals surface area contributed by atoms with E-state index < -0.39 is 28.9 Å². The quantitative estimate of drug-likeness (QED) is 0.187. The van der Waals surface area contributed by atoms with Crippen LogP contribution in [0.5, 0.6) is 0 Å². The second kappa shape index (κ2) is 11.7. The second-order valence-corrected chi connectivity index (χ2v) is 9.23. The molecule has 0 aromatic heterocycles. The van der Waals surface area contributed by atoms with Crippen LogP contribution in [0.3, 0.4) is 0 Å². The first kappa shape index (κ1) is 25.7. The third kappa shape index (κ3) is 6.83. The molecule has 1 rings (SSSR count). The highest BCUT2D eigenvalue weighted by atomic mass is 16.3. The van der Waals surface area contributed by atoms with E-state index in [-0.39, 0.29) is 30.4 Å². The molecular weight excluding hydrogens is 370 g/mol. The number of ketones is 3. The highest BCUT2D eigenvalue weighted by Gasteiger charge is 2.60. The van der Waals surface area contributed by atoms with Crippen LogP contribution in [0.25, 0.3) is 0 Å². The van der Waals surface area contributed by atoms with E-state index in [1.165, 1.54) is 0 Å². The van der Waals surface area contributed by atoms with Crippen molar-refractivity contribution in [2.75, 3.05) is 19.7 Å². The number of carbonyl (C=O) groups excluding carboxylic acids is 3. The Morgan fingerprint density at radius 1 is 1.14 bits per heavy atom. The fraction of sp³-hybridized carbons (Fsp3) is 0.783. The van der Waals surface area contributed by atoms with E-state index in [9.17, 15) is 19.5 Å². The number of rotatable bonds is 13. The summed E-state index contributed by atoms with van der Waals surface area (Å²) >= 11 is 0. The molecule has 0 amide bonds. The predicted molar refractivity (Wildman–Crippen MR) is 113 cm³/mol. The first-order chi connectivity index (χ1) is 13.5. The van der Waals surface area contributed by atoms with Crippen molar-refractivity contribution in [2.45, 2.75) is 72.3 Å². The molecule has 3 N–H and O–H groups in total. The van der Waals surface area contributed by atoms with E-state index in [2.05, 4.69) is 5.32 Å². The minimum Gasteiger partial charge on any atom is -0.395 e. The van der Waals surface area contributed by atoms with Crippen molar-refractivity contribution in [2.24, 2.45) is 23.7 Å². The summed E-state index contributed by atoms with van der Waals surface area (Å²) in [6.45, 7) is 11.1. The average molecular weight is 410 g/mol. The van der Waals surface area contributed by atoms with Gasteiger partial charge in [0, 0.05) is 13.0 Å². The van der Waals surface area contributed by atoms with Gasteiger partial charge in [-0.15, -0.1) is 0 Å². The Labute approximate surface area is 175 Å². The molecule has 166 valence electrons. The summed E-state index contributed by atoms with van der Waals surface area (Å²) in [5, 5.41) is 23.1. The third-order valence-electron chi connectivity index (χ3n) is 5.59. The minimum absolute atomic E-state index is 0.0202. The van der Waals surface area contributed by atoms with Gasteiger partial charge in [0.1, 0.15) is 0 Å². The van der Waals surface area contributed by atoms with Crippen molar-refractivity contribution in [3.63, 3.8) is 0 Å². The van der Waals surface area contributed by atoms with Gasteiger partial charge in [-0.2, -0.15) is 0 Å². The Morgan fingerprint density at radius 3 is 2.31 bits per heavy atom. The zero-order valence-corrected chi connectivity index (χ0v) is 18.7. The molecule has 6 nitrogen and oxygen atoms in total.